The number of ether oxygens (including phenoxy) is 8. The number of hydrogen-bond acceptors (Lipinski definition) is 16. The molecule has 0 aliphatic carbocycles. The molecule has 0 bridgehead atoms. The molecule has 16 heteroatoms. The Morgan fingerprint density at radius 2 is 0.600 bits per heavy atom. The molecule has 0 spiro atoms. The van der Waals surface area contributed by atoms with Crippen LogP contribution in [0.1, 0.15) is 68.7 Å². The second-order valence-corrected chi connectivity index (χ2v) is 17.0. The van der Waals surface area contributed by atoms with Gasteiger partial charge in [-0.3, -0.25) is 4.79 Å². The van der Waals surface area contributed by atoms with E-state index in [9.17, 15) is 39.6 Å². The first-order chi connectivity index (χ1) is 33.3. The van der Waals surface area contributed by atoms with Gasteiger partial charge in [-0.25, -0.2) is 14.4 Å². The van der Waals surface area contributed by atoms with E-state index >= 15 is 0 Å². The zero-order valence-corrected chi connectivity index (χ0v) is 40.2. The third-order valence-corrected chi connectivity index (χ3v) is 10.2. The third-order valence-electron chi connectivity index (χ3n) is 10.2. The molecule has 5 unspecified atom stereocenters. The number of rotatable bonds is 29. The maximum absolute atomic E-state index is 11.9. The van der Waals surface area contributed by atoms with Gasteiger partial charge in [0.1, 0.15) is 100 Å². The van der Waals surface area contributed by atoms with Crippen LogP contribution < -0.4 is 18.9 Å². The Balaban J connectivity index is 1.69. The molecule has 0 radical (unpaired) electrons. The molecule has 0 saturated heterocycles. The highest BCUT2D eigenvalue weighted by molar-refractivity contribution is 5.87. The molecule has 4 N–H and O–H groups in total. The van der Waals surface area contributed by atoms with Gasteiger partial charge in [0.05, 0.1) is 5.92 Å². The van der Waals surface area contributed by atoms with Crippen molar-refractivity contribution in [1.82, 2.24) is 0 Å². The van der Waals surface area contributed by atoms with Crippen LogP contribution >= 0.6 is 0 Å². The van der Waals surface area contributed by atoms with Crippen molar-refractivity contribution in [1.29, 1.82) is 0 Å². The van der Waals surface area contributed by atoms with E-state index < -0.39 is 60.1 Å². The topological polar surface area (TPSA) is 223 Å². The van der Waals surface area contributed by atoms with Crippen LogP contribution in [-0.4, -0.2) is 122 Å². The van der Waals surface area contributed by atoms with E-state index in [1.165, 1.54) is 20.8 Å². The van der Waals surface area contributed by atoms with Crippen molar-refractivity contribution in [3.63, 3.8) is 0 Å². The average Bonchev–Trinajstić information content (AvgIpc) is 3.35. The largest absolute Gasteiger partial charge is 0.491 e. The van der Waals surface area contributed by atoms with E-state index in [1.54, 1.807) is 62.4 Å². The van der Waals surface area contributed by atoms with Gasteiger partial charge in [-0.1, -0.05) is 82.1 Å². The molecule has 0 aliphatic heterocycles. The Kier molecular flexibility index (Phi) is 22.1. The SMILES string of the molecule is C=C(C)C(=O)OCC(O)COc1ccc(C(c2ccc(OCC(O)COC(=O)C(=C)C)cc2)C(c2ccc(OCC(O)COC(=O)C(=C)C)cc2)c2ccc(OCC(O)COC(=O)C(C)C)cc2)cc1. The zero-order chi connectivity index (χ0) is 51.3. The highest BCUT2D eigenvalue weighted by Gasteiger charge is 2.29. The number of aliphatic hydroxyl groups is 4. The highest BCUT2D eigenvalue weighted by atomic mass is 16.6. The maximum Gasteiger partial charge on any atom is 0.333 e. The molecule has 0 fully saturated rings. The zero-order valence-electron chi connectivity index (χ0n) is 40.2. The summed E-state index contributed by atoms with van der Waals surface area (Å²) < 4.78 is 43.8. The fraction of sp³-hybridized carbons (Fsp3) is 0.370. The molecule has 0 aromatic heterocycles. The fourth-order valence-corrected chi connectivity index (χ4v) is 6.43. The van der Waals surface area contributed by atoms with Gasteiger partial charge in [-0.2, -0.15) is 0 Å². The summed E-state index contributed by atoms with van der Waals surface area (Å²) in [5.74, 6) is -1.66. The molecule has 5 atom stereocenters. The molecule has 70 heavy (non-hydrogen) atoms. The summed E-state index contributed by atoms with van der Waals surface area (Å²) in [4.78, 5) is 47.4. The first-order valence-electron chi connectivity index (χ1n) is 22.6. The first-order valence-corrected chi connectivity index (χ1v) is 22.6. The Morgan fingerprint density at radius 3 is 0.800 bits per heavy atom. The smallest absolute Gasteiger partial charge is 0.333 e. The lowest BCUT2D eigenvalue weighted by Gasteiger charge is -2.30. The summed E-state index contributed by atoms with van der Waals surface area (Å²) >= 11 is 0. The van der Waals surface area contributed by atoms with E-state index in [1.807, 2.05) is 48.5 Å². The van der Waals surface area contributed by atoms with Crippen LogP contribution in [0, 0.1) is 5.92 Å². The molecule has 4 aromatic rings. The van der Waals surface area contributed by atoms with Gasteiger partial charge in [-0.15, -0.1) is 0 Å². The lowest BCUT2D eigenvalue weighted by molar-refractivity contribution is -0.151. The summed E-state index contributed by atoms with van der Waals surface area (Å²) in [6.45, 7) is 16.9. The quantitative estimate of drug-likeness (QED) is 0.0272. The molecule has 4 aromatic carbocycles. The summed E-state index contributed by atoms with van der Waals surface area (Å²) in [5, 5.41) is 41.8. The van der Waals surface area contributed by atoms with Crippen LogP contribution in [0.2, 0.25) is 0 Å². The Hall–Kier alpha value is -6.98. The van der Waals surface area contributed by atoms with Gasteiger partial charge in [0.15, 0.2) is 0 Å². The van der Waals surface area contributed by atoms with E-state index in [0.29, 0.717) is 23.0 Å². The van der Waals surface area contributed by atoms with E-state index in [-0.39, 0.29) is 75.5 Å². The molecular weight excluding hydrogens is 905 g/mol. The third kappa shape index (κ3) is 18.5. The van der Waals surface area contributed by atoms with Crippen molar-refractivity contribution in [3.05, 3.63) is 156 Å². The number of benzene rings is 4. The predicted octanol–water partition coefficient (Wildman–Crippen LogP) is 6.17. The minimum atomic E-state index is -1.10. The predicted molar refractivity (Wildman–Crippen MR) is 259 cm³/mol. The molecule has 0 aliphatic rings. The fourth-order valence-electron chi connectivity index (χ4n) is 6.43. The number of aliphatic hydroxyl groups excluding tert-OH is 4. The summed E-state index contributed by atoms with van der Waals surface area (Å²) in [6, 6.07) is 29.4. The van der Waals surface area contributed by atoms with Crippen molar-refractivity contribution >= 4 is 23.9 Å². The summed E-state index contributed by atoms with van der Waals surface area (Å²) in [6.07, 6.45) is -4.35. The van der Waals surface area contributed by atoms with Crippen LogP contribution in [0.5, 0.6) is 23.0 Å². The Morgan fingerprint density at radius 1 is 0.386 bits per heavy atom. The van der Waals surface area contributed by atoms with Gasteiger partial charge in [0, 0.05) is 28.6 Å². The second-order valence-electron chi connectivity index (χ2n) is 17.0. The van der Waals surface area contributed by atoms with E-state index in [4.69, 9.17) is 37.9 Å². The number of hydrogen-bond donors (Lipinski definition) is 4. The molecule has 0 amide bonds. The van der Waals surface area contributed by atoms with Crippen LogP contribution in [0.15, 0.2) is 134 Å². The van der Waals surface area contributed by atoms with Crippen LogP contribution in [0.3, 0.4) is 0 Å². The van der Waals surface area contributed by atoms with E-state index in [2.05, 4.69) is 19.7 Å². The van der Waals surface area contributed by atoms with Crippen molar-refractivity contribution in [2.75, 3.05) is 52.9 Å². The average molecular weight is 969 g/mol. The van der Waals surface area contributed by atoms with Gasteiger partial charge >= 0.3 is 23.9 Å². The Labute approximate surface area is 408 Å². The van der Waals surface area contributed by atoms with Crippen molar-refractivity contribution < 1.29 is 77.5 Å². The lowest BCUT2D eigenvalue weighted by Crippen LogP contribution is -2.26. The minimum Gasteiger partial charge on any atom is -0.491 e. The molecule has 376 valence electrons. The Bertz CT molecular complexity index is 2260. The highest BCUT2D eigenvalue weighted by Crippen LogP contribution is 2.44. The van der Waals surface area contributed by atoms with E-state index in [0.717, 1.165) is 22.3 Å². The van der Waals surface area contributed by atoms with Crippen LogP contribution in [0.4, 0.5) is 0 Å². The van der Waals surface area contributed by atoms with Crippen LogP contribution in [0.25, 0.3) is 0 Å². The molecular formula is C54H64O16. The minimum absolute atomic E-state index is 0.126. The van der Waals surface area contributed by atoms with Gasteiger partial charge in [0.25, 0.3) is 0 Å². The molecule has 16 nitrogen and oxygen atoms in total. The standard InChI is InChI=1S/C54H64O16/c1-33(2)51(59)67-29-41(55)25-63-45-17-9-37(10-18-45)49(38-11-19-46(20-12-38)64-26-42(56)30-68-52(60)34(3)4)50(39-13-21-47(22-14-39)65-27-43(57)31-69-53(61)35(5)6)40-15-23-48(24-16-40)66-28-44(58)32-70-54(62)36(7)8/h9-24,36,41-44,49-50,55-58H,1,3,5,25-32H2,2,4,6-8H3. The second kappa shape index (κ2) is 27.9. The molecule has 0 heterocycles. The van der Waals surface area contributed by atoms with Gasteiger partial charge in [-0.05, 0) is 91.6 Å². The van der Waals surface area contributed by atoms with Crippen molar-refractivity contribution in [3.8, 4) is 23.0 Å². The number of carbonyl (C=O) groups is 4. The monoisotopic (exact) mass is 968 g/mol. The van der Waals surface area contributed by atoms with Gasteiger partial charge < -0.3 is 58.3 Å². The number of esters is 4. The summed E-state index contributed by atoms with van der Waals surface area (Å²) in [5.41, 5.74) is 4.03. The van der Waals surface area contributed by atoms with Crippen LogP contribution in [-0.2, 0) is 38.1 Å². The normalized spacial score (nSPS) is 13.6. The van der Waals surface area contributed by atoms with Gasteiger partial charge in [0.2, 0.25) is 0 Å². The lowest BCUT2D eigenvalue weighted by atomic mass is 9.73. The first kappa shape index (κ1) is 55.6. The van der Waals surface area contributed by atoms with Crippen molar-refractivity contribution in [2.45, 2.75) is 70.9 Å². The van der Waals surface area contributed by atoms with Crippen molar-refractivity contribution in [2.24, 2.45) is 5.92 Å². The molecule has 4 rings (SSSR count). The maximum atomic E-state index is 11.9. The number of carbonyl (C=O) groups excluding carboxylic acids is 4. The summed E-state index contributed by atoms with van der Waals surface area (Å²) in [7, 11) is 0. The molecule has 0 saturated carbocycles.